The Bertz CT molecular complexity index is 271. The molecule has 0 saturated carbocycles. The molecule has 0 aromatic rings. The van der Waals surface area contributed by atoms with Crippen molar-refractivity contribution in [2.45, 2.75) is 51.8 Å². The number of rotatable bonds is 9. The molecule has 0 saturated heterocycles. The third kappa shape index (κ3) is 6.36. The highest BCUT2D eigenvalue weighted by atomic mass is 16.5. The van der Waals surface area contributed by atoms with Crippen molar-refractivity contribution in [2.24, 2.45) is 0 Å². The van der Waals surface area contributed by atoms with Gasteiger partial charge in [0.05, 0.1) is 19.8 Å². The lowest BCUT2D eigenvalue weighted by Gasteiger charge is -2.33. The molecule has 114 valence electrons. The van der Waals surface area contributed by atoms with Crippen LogP contribution < -0.4 is 5.32 Å². The Labute approximate surface area is 117 Å². The molecule has 2 atom stereocenters. The van der Waals surface area contributed by atoms with Crippen molar-refractivity contribution in [3.8, 4) is 0 Å². The van der Waals surface area contributed by atoms with Gasteiger partial charge in [-0.3, -0.25) is 4.79 Å². The van der Waals surface area contributed by atoms with Crippen molar-refractivity contribution in [2.75, 3.05) is 34.4 Å². The van der Waals surface area contributed by atoms with Gasteiger partial charge in [-0.15, -0.1) is 0 Å². The Morgan fingerprint density at radius 2 is 1.95 bits per heavy atom. The summed E-state index contributed by atoms with van der Waals surface area (Å²) in [5, 5.41) is 3.06. The standard InChI is InChI=1S/C14H30N2O3/c1-11(2)19-9-8-16(6)12(3)10-14(4,15-5)13(17)18-7/h11-12,15H,8-10H2,1-7H3. The number of nitrogens with zero attached hydrogens (tertiary/aromatic N) is 1. The summed E-state index contributed by atoms with van der Waals surface area (Å²) in [5.74, 6) is -0.228. The monoisotopic (exact) mass is 274 g/mol. The second kappa shape index (κ2) is 8.51. The van der Waals surface area contributed by atoms with Crippen LogP contribution in [0.25, 0.3) is 0 Å². The highest BCUT2D eigenvalue weighted by Crippen LogP contribution is 2.16. The van der Waals surface area contributed by atoms with Crippen molar-refractivity contribution in [1.82, 2.24) is 10.2 Å². The molecule has 19 heavy (non-hydrogen) atoms. The molecule has 0 aliphatic rings. The summed E-state index contributed by atoms with van der Waals surface area (Å²) < 4.78 is 10.4. The second-order valence-corrected chi connectivity index (χ2v) is 5.53. The lowest BCUT2D eigenvalue weighted by atomic mass is 9.93. The first-order valence-electron chi connectivity index (χ1n) is 6.86. The Balaban J connectivity index is 4.32. The number of likely N-dealkylation sites (N-methyl/N-ethyl adjacent to an activating group) is 2. The van der Waals surface area contributed by atoms with Gasteiger partial charge in [0.15, 0.2) is 0 Å². The Morgan fingerprint density at radius 3 is 2.37 bits per heavy atom. The van der Waals surface area contributed by atoms with Crippen LogP contribution in [0, 0.1) is 0 Å². The summed E-state index contributed by atoms with van der Waals surface area (Å²) in [6, 6.07) is 0.257. The quantitative estimate of drug-likeness (QED) is 0.642. The van der Waals surface area contributed by atoms with Gasteiger partial charge in [0.1, 0.15) is 5.54 Å². The molecule has 5 heteroatoms. The normalized spacial score (nSPS) is 16.5. The molecule has 0 rings (SSSR count). The molecule has 0 spiro atoms. The van der Waals surface area contributed by atoms with Crippen LogP contribution in [-0.4, -0.2) is 62.9 Å². The fourth-order valence-corrected chi connectivity index (χ4v) is 1.91. The van der Waals surface area contributed by atoms with Crippen LogP contribution >= 0.6 is 0 Å². The smallest absolute Gasteiger partial charge is 0.325 e. The van der Waals surface area contributed by atoms with Gasteiger partial charge < -0.3 is 19.7 Å². The van der Waals surface area contributed by atoms with Gasteiger partial charge in [0, 0.05) is 12.6 Å². The van der Waals surface area contributed by atoms with Gasteiger partial charge in [-0.2, -0.15) is 0 Å². The van der Waals surface area contributed by atoms with Crippen LogP contribution in [0.1, 0.15) is 34.1 Å². The van der Waals surface area contributed by atoms with Gasteiger partial charge in [0.2, 0.25) is 0 Å². The fraction of sp³-hybridized carbons (Fsp3) is 0.929. The summed E-state index contributed by atoms with van der Waals surface area (Å²) in [6.07, 6.45) is 0.940. The van der Waals surface area contributed by atoms with Crippen molar-refractivity contribution >= 4 is 5.97 Å². The van der Waals surface area contributed by atoms with E-state index in [4.69, 9.17) is 9.47 Å². The predicted molar refractivity (Wildman–Crippen MR) is 77.3 cm³/mol. The first kappa shape index (κ1) is 18.4. The minimum absolute atomic E-state index is 0.228. The Kier molecular flexibility index (Phi) is 8.22. The Morgan fingerprint density at radius 1 is 1.37 bits per heavy atom. The number of carbonyl (C=O) groups is 1. The van der Waals surface area contributed by atoms with E-state index in [9.17, 15) is 4.79 Å². The molecule has 5 nitrogen and oxygen atoms in total. The zero-order chi connectivity index (χ0) is 15.1. The van der Waals surface area contributed by atoms with Crippen LogP contribution in [0.5, 0.6) is 0 Å². The molecule has 0 aliphatic carbocycles. The van der Waals surface area contributed by atoms with Crippen LogP contribution in [0.15, 0.2) is 0 Å². The summed E-state index contributed by atoms with van der Waals surface area (Å²) >= 11 is 0. The maximum Gasteiger partial charge on any atom is 0.325 e. The molecule has 0 bridgehead atoms. The van der Waals surface area contributed by atoms with Gasteiger partial charge in [0.25, 0.3) is 0 Å². The molecule has 1 N–H and O–H groups in total. The molecule has 0 heterocycles. The largest absolute Gasteiger partial charge is 0.468 e. The van der Waals surface area contributed by atoms with Crippen LogP contribution in [0.3, 0.4) is 0 Å². The molecular formula is C14H30N2O3. The number of carbonyl (C=O) groups excluding carboxylic acids is 1. The van der Waals surface area contributed by atoms with E-state index in [0.29, 0.717) is 13.0 Å². The molecule has 0 aromatic carbocycles. The average molecular weight is 274 g/mol. The minimum Gasteiger partial charge on any atom is -0.468 e. The second-order valence-electron chi connectivity index (χ2n) is 5.53. The van der Waals surface area contributed by atoms with Crippen LogP contribution in [-0.2, 0) is 14.3 Å². The summed E-state index contributed by atoms with van der Waals surface area (Å²) in [5.41, 5.74) is -0.651. The number of hydrogen-bond donors (Lipinski definition) is 1. The zero-order valence-electron chi connectivity index (χ0n) is 13.4. The van der Waals surface area contributed by atoms with E-state index in [1.54, 1.807) is 7.05 Å². The van der Waals surface area contributed by atoms with Crippen molar-refractivity contribution < 1.29 is 14.3 Å². The van der Waals surface area contributed by atoms with Gasteiger partial charge >= 0.3 is 5.97 Å². The predicted octanol–water partition coefficient (Wildman–Crippen LogP) is 1.27. The van der Waals surface area contributed by atoms with Crippen LogP contribution in [0.4, 0.5) is 0 Å². The molecule has 0 aliphatic heterocycles. The van der Waals surface area contributed by atoms with Gasteiger partial charge in [-0.25, -0.2) is 0 Å². The number of hydrogen-bond acceptors (Lipinski definition) is 5. The number of esters is 1. The summed E-state index contributed by atoms with van der Waals surface area (Å²) in [4.78, 5) is 14.0. The number of methoxy groups -OCH3 is 1. The van der Waals surface area contributed by atoms with Gasteiger partial charge in [-0.1, -0.05) is 0 Å². The van der Waals surface area contributed by atoms with E-state index in [2.05, 4.69) is 17.1 Å². The summed E-state index contributed by atoms with van der Waals surface area (Å²) in [7, 11) is 5.25. The topological polar surface area (TPSA) is 50.8 Å². The molecule has 0 fully saturated rings. The SMILES string of the molecule is CNC(C)(CC(C)N(C)CCOC(C)C)C(=O)OC. The lowest BCUT2D eigenvalue weighted by molar-refractivity contribution is -0.148. The molecule has 2 unspecified atom stereocenters. The highest BCUT2D eigenvalue weighted by Gasteiger charge is 2.34. The maximum absolute atomic E-state index is 11.8. The van der Waals surface area contributed by atoms with Crippen molar-refractivity contribution in [3.05, 3.63) is 0 Å². The van der Waals surface area contributed by atoms with E-state index in [0.717, 1.165) is 6.54 Å². The summed E-state index contributed by atoms with van der Waals surface area (Å²) in [6.45, 7) is 9.58. The minimum atomic E-state index is -0.651. The van der Waals surface area contributed by atoms with E-state index in [1.165, 1.54) is 7.11 Å². The maximum atomic E-state index is 11.8. The van der Waals surface area contributed by atoms with Crippen molar-refractivity contribution in [1.29, 1.82) is 0 Å². The van der Waals surface area contributed by atoms with Gasteiger partial charge in [-0.05, 0) is 48.2 Å². The van der Waals surface area contributed by atoms with Crippen LogP contribution in [0.2, 0.25) is 0 Å². The third-order valence-electron chi connectivity index (χ3n) is 3.54. The first-order valence-corrected chi connectivity index (χ1v) is 6.86. The van der Waals surface area contributed by atoms with E-state index in [-0.39, 0.29) is 18.1 Å². The highest BCUT2D eigenvalue weighted by molar-refractivity contribution is 5.80. The average Bonchev–Trinajstić information content (AvgIpc) is 2.36. The van der Waals surface area contributed by atoms with E-state index < -0.39 is 5.54 Å². The fourth-order valence-electron chi connectivity index (χ4n) is 1.91. The lowest BCUT2D eigenvalue weighted by Crippen LogP contribution is -2.52. The van der Waals surface area contributed by atoms with E-state index >= 15 is 0 Å². The third-order valence-corrected chi connectivity index (χ3v) is 3.54. The van der Waals surface area contributed by atoms with Crippen molar-refractivity contribution in [3.63, 3.8) is 0 Å². The molecule has 0 aromatic heterocycles. The Hall–Kier alpha value is -0.650. The van der Waals surface area contributed by atoms with E-state index in [1.807, 2.05) is 27.8 Å². The molecule has 0 radical (unpaired) electrons. The number of ether oxygens (including phenoxy) is 2. The molecular weight excluding hydrogens is 244 g/mol. The first-order chi connectivity index (χ1) is 8.76. The molecule has 0 amide bonds. The number of nitrogens with one attached hydrogen (secondary N) is 1. The zero-order valence-corrected chi connectivity index (χ0v) is 13.4.